The van der Waals surface area contributed by atoms with Crippen molar-refractivity contribution in [3.63, 3.8) is 0 Å². The number of amidine groups is 1. The number of anilines is 1. The van der Waals surface area contributed by atoms with Gasteiger partial charge in [-0.15, -0.1) is 0 Å². The number of halogens is 1. The number of hydrogen-bond donors (Lipinski definition) is 1. The van der Waals surface area contributed by atoms with Gasteiger partial charge in [0.05, 0.1) is 11.4 Å². The topological polar surface area (TPSA) is 61.8 Å². The third-order valence-corrected chi connectivity index (χ3v) is 6.70. The summed E-state index contributed by atoms with van der Waals surface area (Å²) in [6, 6.07) is 21.4. The first-order valence-electron chi connectivity index (χ1n) is 9.65. The number of hydrogen-bond acceptors (Lipinski definition) is 4. The molecule has 7 heteroatoms. The molecule has 1 aliphatic rings. The summed E-state index contributed by atoms with van der Waals surface area (Å²) in [4.78, 5) is 31.9. The van der Waals surface area contributed by atoms with E-state index < -0.39 is 5.25 Å². The molecule has 1 aliphatic heterocycles. The normalized spacial score (nSPS) is 17.7. The summed E-state index contributed by atoms with van der Waals surface area (Å²) in [5.41, 5.74) is 1.51. The van der Waals surface area contributed by atoms with Gasteiger partial charge in [0.15, 0.2) is 5.17 Å². The second kappa shape index (κ2) is 9.02. The Hall–Kier alpha value is -2.64. The number of thioether (sulfide) groups is 1. The minimum Gasteiger partial charge on any atom is -0.325 e. The number of para-hydroxylation sites is 1. The van der Waals surface area contributed by atoms with Crippen molar-refractivity contribution in [1.82, 2.24) is 4.90 Å². The van der Waals surface area contributed by atoms with Crippen LogP contribution < -0.4 is 5.32 Å². The highest BCUT2D eigenvalue weighted by Crippen LogP contribution is 2.34. The molecule has 1 heterocycles. The lowest BCUT2D eigenvalue weighted by molar-refractivity contribution is -0.128. The van der Waals surface area contributed by atoms with E-state index in [0.29, 0.717) is 17.4 Å². The summed E-state index contributed by atoms with van der Waals surface area (Å²) < 4.78 is 0.803. The van der Waals surface area contributed by atoms with Gasteiger partial charge in [0, 0.05) is 22.8 Å². The first-order valence-corrected chi connectivity index (χ1v) is 11.3. The monoisotopic (exact) mass is 481 g/mol. The Kier molecular flexibility index (Phi) is 6.20. The molecule has 4 rings (SSSR count). The second-order valence-electron chi connectivity index (χ2n) is 6.81. The highest BCUT2D eigenvalue weighted by Gasteiger charge is 2.38. The van der Waals surface area contributed by atoms with E-state index >= 15 is 0 Å². The van der Waals surface area contributed by atoms with Crippen LogP contribution in [-0.2, 0) is 9.59 Å². The van der Waals surface area contributed by atoms with Crippen molar-refractivity contribution in [2.75, 3.05) is 11.9 Å². The van der Waals surface area contributed by atoms with Crippen LogP contribution >= 0.6 is 27.7 Å². The maximum Gasteiger partial charge on any atom is 0.242 e. The van der Waals surface area contributed by atoms with Crippen molar-refractivity contribution in [3.8, 4) is 0 Å². The third-order valence-electron chi connectivity index (χ3n) is 4.84. The molecule has 0 radical (unpaired) electrons. The van der Waals surface area contributed by atoms with Crippen molar-refractivity contribution in [3.05, 3.63) is 71.2 Å². The van der Waals surface area contributed by atoms with Gasteiger partial charge in [-0.1, -0.05) is 60.3 Å². The number of carbonyl (C=O) groups is 2. The summed E-state index contributed by atoms with van der Waals surface area (Å²) in [7, 11) is 0. The lowest BCUT2D eigenvalue weighted by Gasteiger charge is -2.14. The smallest absolute Gasteiger partial charge is 0.242 e. The number of nitrogens with zero attached hydrogens (tertiary/aromatic N) is 2. The molecule has 1 atom stereocenters. The van der Waals surface area contributed by atoms with Crippen molar-refractivity contribution < 1.29 is 9.59 Å². The van der Waals surface area contributed by atoms with Gasteiger partial charge in [0.25, 0.3) is 0 Å². The first-order chi connectivity index (χ1) is 14.6. The predicted molar refractivity (Wildman–Crippen MR) is 127 cm³/mol. The van der Waals surface area contributed by atoms with Gasteiger partial charge in [-0.3, -0.25) is 14.5 Å². The molecule has 0 saturated carbocycles. The van der Waals surface area contributed by atoms with Crippen LogP contribution in [0.2, 0.25) is 0 Å². The average Bonchev–Trinajstić information content (AvgIpc) is 3.04. The molecule has 0 bridgehead atoms. The summed E-state index contributed by atoms with van der Waals surface area (Å²) >= 11 is 4.77. The minimum absolute atomic E-state index is 0.0798. The molecule has 30 heavy (non-hydrogen) atoms. The van der Waals surface area contributed by atoms with E-state index in [4.69, 9.17) is 4.99 Å². The largest absolute Gasteiger partial charge is 0.325 e. The maximum atomic E-state index is 12.9. The summed E-state index contributed by atoms with van der Waals surface area (Å²) in [5, 5.41) is 5.15. The SMILES string of the molecule is CCN1C(=O)C(CC(=O)Nc2ccccc2Br)SC1=Nc1cccc2ccccc12. The van der Waals surface area contributed by atoms with Crippen LogP contribution in [-0.4, -0.2) is 33.7 Å². The molecule has 1 unspecified atom stereocenters. The van der Waals surface area contributed by atoms with Crippen LogP contribution in [0.1, 0.15) is 13.3 Å². The number of carbonyl (C=O) groups excluding carboxylic acids is 2. The highest BCUT2D eigenvalue weighted by atomic mass is 79.9. The van der Waals surface area contributed by atoms with Gasteiger partial charge in [-0.25, -0.2) is 4.99 Å². The van der Waals surface area contributed by atoms with Gasteiger partial charge in [-0.2, -0.15) is 0 Å². The Balaban J connectivity index is 1.55. The maximum absolute atomic E-state index is 12.9. The fourth-order valence-corrected chi connectivity index (χ4v) is 4.96. The zero-order chi connectivity index (χ0) is 21.1. The molecular formula is C23H20BrN3O2S. The van der Waals surface area contributed by atoms with Crippen LogP contribution in [0.15, 0.2) is 76.2 Å². The predicted octanol–water partition coefficient (Wildman–Crippen LogP) is 5.58. The Morgan fingerprint density at radius 3 is 2.63 bits per heavy atom. The lowest BCUT2D eigenvalue weighted by Crippen LogP contribution is -2.33. The Labute approximate surface area is 187 Å². The molecule has 152 valence electrons. The fraction of sp³-hybridized carbons (Fsp3) is 0.174. The van der Waals surface area contributed by atoms with E-state index in [0.717, 1.165) is 20.9 Å². The van der Waals surface area contributed by atoms with E-state index in [2.05, 4.69) is 21.2 Å². The molecule has 1 N–H and O–H groups in total. The Morgan fingerprint density at radius 1 is 1.10 bits per heavy atom. The third kappa shape index (κ3) is 4.27. The van der Waals surface area contributed by atoms with E-state index in [1.165, 1.54) is 11.8 Å². The standard InChI is InChI=1S/C23H20BrN3O2S/c1-2-27-22(29)20(14-21(28)25-19-12-6-5-11-17(19)24)30-23(27)26-18-13-7-9-15-8-3-4-10-16(15)18/h3-13,20H,2,14H2,1H3,(H,25,28). The number of amides is 2. The number of fused-ring (bicyclic) bond motifs is 1. The molecule has 1 fully saturated rings. The van der Waals surface area contributed by atoms with Crippen LogP contribution in [0, 0.1) is 0 Å². The molecule has 0 aliphatic carbocycles. The molecule has 1 saturated heterocycles. The minimum atomic E-state index is -0.485. The Morgan fingerprint density at radius 2 is 1.83 bits per heavy atom. The molecule has 3 aromatic carbocycles. The molecule has 3 aromatic rings. The highest BCUT2D eigenvalue weighted by molar-refractivity contribution is 9.10. The van der Waals surface area contributed by atoms with Crippen LogP contribution in [0.25, 0.3) is 10.8 Å². The van der Waals surface area contributed by atoms with E-state index in [1.54, 1.807) is 4.90 Å². The zero-order valence-corrected chi connectivity index (χ0v) is 18.7. The van der Waals surface area contributed by atoms with Crippen molar-refractivity contribution in [2.24, 2.45) is 4.99 Å². The van der Waals surface area contributed by atoms with Crippen LogP contribution in [0.4, 0.5) is 11.4 Å². The van der Waals surface area contributed by atoms with Gasteiger partial charge >= 0.3 is 0 Å². The molecule has 0 aromatic heterocycles. The zero-order valence-electron chi connectivity index (χ0n) is 16.3. The van der Waals surface area contributed by atoms with Crippen molar-refractivity contribution >= 4 is 66.8 Å². The summed E-state index contributed by atoms with van der Waals surface area (Å²) in [5.74, 6) is -0.279. The van der Waals surface area contributed by atoms with Crippen molar-refractivity contribution in [2.45, 2.75) is 18.6 Å². The average molecular weight is 482 g/mol. The Bertz CT molecular complexity index is 1140. The number of rotatable bonds is 5. The lowest BCUT2D eigenvalue weighted by atomic mass is 10.1. The quantitative estimate of drug-likeness (QED) is 0.516. The van der Waals surface area contributed by atoms with Crippen molar-refractivity contribution in [1.29, 1.82) is 0 Å². The van der Waals surface area contributed by atoms with Crippen LogP contribution in [0.3, 0.4) is 0 Å². The number of benzene rings is 3. The molecule has 5 nitrogen and oxygen atoms in total. The van der Waals surface area contributed by atoms with E-state index in [9.17, 15) is 9.59 Å². The summed E-state index contributed by atoms with van der Waals surface area (Å²) in [6.45, 7) is 2.43. The van der Waals surface area contributed by atoms with Gasteiger partial charge in [-0.05, 0) is 46.4 Å². The summed E-state index contributed by atoms with van der Waals surface area (Å²) in [6.07, 6.45) is 0.0931. The number of aliphatic imine (C=N–C) groups is 1. The van der Waals surface area contributed by atoms with Gasteiger partial charge in [0.1, 0.15) is 5.25 Å². The first kappa shape index (κ1) is 20.6. The number of nitrogens with one attached hydrogen (secondary N) is 1. The second-order valence-corrected chi connectivity index (χ2v) is 8.84. The van der Waals surface area contributed by atoms with Crippen LogP contribution in [0.5, 0.6) is 0 Å². The van der Waals surface area contributed by atoms with Gasteiger partial charge < -0.3 is 5.32 Å². The van der Waals surface area contributed by atoms with E-state index in [-0.39, 0.29) is 18.2 Å². The molecular weight excluding hydrogens is 462 g/mol. The molecule has 2 amide bonds. The fourth-order valence-electron chi connectivity index (χ4n) is 3.36. The van der Waals surface area contributed by atoms with Gasteiger partial charge in [0.2, 0.25) is 11.8 Å². The van der Waals surface area contributed by atoms with E-state index in [1.807, 2.05) is 73.7 Å². The molecule has 0 spiro atoms.